The number of aliphatic hydroxyl groups excluding tert-OH is 3. The summed E-state index contributed by atoms with van der Waals surface area (Å²) in [5.41, 5.74) is -1.88. The lowest BCUT2D eigenvalue weighted by Crippen LogP contribution is -2.42. The summed E-state index contributed by atoms with van der Waals surface area (Å²) in [5, 5.41) is 32.5. The first-order valence-electron chi connectivity index (χ1n) is 18.9. The van der Waals surface area contributed by atoms with Crippen LogP contribution in [0, 0.1) is 10.8 Å². The molecule has 0 fully saturated rings. The maximum atomic E-state index is 13.3. The van der Waals surface area contributed by atoms with Crippen LogP contribution in [0.2, 0.25) is 0 Å². The van der Waals surface area contributed by atoms with Gasteiger partial charge in [0.25, 0.3) is 0 Å². The van der Waals surface area contributed by atoms with E-state index >= 15 is 0 Å². The molecule has 0 saturated carbocycles. The van der Waals surface area contributed by atoms with Crippen LogP contribution in [0.25, 0.3) is 6.08 Å². The molecule has 0 spiro atoms. The summed E-state index contributed by atoms with van der Waals surface area (Å²) >= 11 is 0. The van der Waals surface area contributed by atoms with Crippen LogP contribution in [-0.4, -0.2) is 94.2 Å². The molecule has 4 bridgehead atoms. The van der Waals surface area contributed by atoms with Crippen LogP contribution in [0.4, 0.5) is 0 Å². The summed E-state index contributed by atoms with van der Waals surface area (Å²) in [7, 11) is 3.03. The fraction of sp³-hybridized carbons (Fsp3) is 0.455. The molecular weight excluding hydrogens is 732 g/mol. The van der Waals surface area contributed by atoms with Crippen LogP contribution >= 0.6 is 0 Å². The molecule has 0 amide bonds. The standard InChI is InChI=1S/C44H58N2O11/c1-9-17-35(48)43(3,4)37-21-15-13-11-12-14-20-32(53-8)27-40-46-34(29-55-40)42(51)57-38(44(5,6)36(49)18-10-2)22-16-19-30(47)23-24-31(52-7)25-26-39-45-33(28-54-39)41(50)56-37/h9-20,23-26,28-32,35-38,47-49H,21-22,27H2,1-8H3/b12-11-,15-13-,17-9+,18-10+,19-16-,20-14-,24-23-,26-25-. The van der Waals surface area contributed by atoms with Crippen molar-refractivity contribution in [2.45, 2.75) is 104 Å². The molecule has 2 aromatic heterocycles. The summed E-state index contributed by atoms with van der Waals surface area (Å²) in [6.07, 6.45) is 24.7. The van der Waals surface area contributed by atoms with E-state index in [0.717, 1.165) is 0 Å². The zero-order valence-electron chi connectivity index (χ0n) is 34.1. The largest absolute Gasteiger partial charge is 0.457 e. The van der Waals surface area contributed by atoms with Crippen molar-refractivity contribution in [3.05, 3.63) is 127 Å². The molecule has 0 aliphatic carbocycles. The fourth-order valence-corrected chi connectivity index (χ4v) is 5.61. The van der Waals surface area contributed by atoms with Crippen molar-refractivity contribution in [3.63, 3.8) is 0 Å². The number of methoxy groups -OCH3 is 2. The molecule has 1 aliphatic rings. The molecular formula is C44H58N2O11. The van der Waals surface area contributed by atoms with Gasteiger partial charge in [0.1, 0.15) is 24.7 Å². The Balaban J connectivity index is 1.96. The van der Waals surface area contributed by atoms with E-state index in [1.54, 1.807) is 108 Å². The molecule has 7 unspecified atom stereocenters. The van der Waals surface area contributed by atoms with Gasteiger partial charge in [-0.25, -0.2) is 19.6 Å². The van der Waals surface area contributed by atoms with E-state index in [4.69, 9.17) is 27.8 Å². The zero-order chi connectivity index (χ0) is 42.0. The highest BCUT2D eigenvalue weighted by molar-refractivity contribution is 5.87. The molecule has 1 aliphatic heterocycles. The highest BCUT2D eigenvalue weighted by Gasteiger charge is 2.39. The van der Waals surface area contributed by atoms with Gasteiger partial charge in [0.05, 0.1) is 36.9 Å². The summed E-state index contributed by atoms with van der Waals surface area (Å²) in [4.78, 5) is 35.2. The Morgan fingerprint density at radius 3 is 1.91 bits per heavy atom. The second-order valence-corrected chi connectivity index (χ2v) is 14.6. The molecule has 2 aromatic rings. The van der Waals surface area contributed by atoms with E-state index in [-0.39, 0.29) is 36.0 Å². The maximum absolute atomic E-state index is 13.3. The summed E-state index contributed by atoms with van der Waals surface area (Å²) in [5.74, 6) is -1.06. The normalized spacial score (nSPS) is 27.2. The van der Waals surface area contributed by atoms with Crippen molar-refractivity contribution in [2.75, 3.05) is 14.2 Å². The third-order valence-corrected chi connectivity index (χ3v) is 9.63. The molecule has 0 radical (unpaired) electrons. The number of oxazole rings is 2. The number of aliphatic hydroxyl groups is 3. The van der Waals surface area contributed by atoms with Crippen LogP contribution in [0.1, 0.15) is 87.1 Å². The van der Waals surface area contributed by atoms with Crippen LogP contribution < -0.4 is 0 Å². The minimum absolute atomic E-state index is 0.0353. The van der Waals surface area contributed by atoms with E-state index in [1.807, 2.05) is 19.9 Å². The van der Waals surface area contributed by atoms with Crippen molar-refractivity contribution in [1.82, 2.24) is 9.97 Å². The number of ether oxygens (including phenoxy) is 4. The number of hydrogen-bond acceptors (Lipinski definition) is 13. The molecule has 3 N–H and O–H groups in total. The van der Waals surface area contributed by atoms with Gasteiger partial charge in [0.15, 0.2) is 17.3 Å². The summed E-state index contributed by atoms with van der Waals surface area (Å²) in [6.45, 7) is 10.8. The molecule has 57 heavy (non-hydrogen) atoms. The average molecular weight is 791 g/mol. The summed E-state index contributed by atoms with van der Waals surface area (Å²) in [6, 6.07) is 0. The van der Waals surface area contributed by atoms with Gasteiger partial charge in [-0.3, -0.25) is 0 Å². The molecule has 3 rings (SSSR count). The Kier molecular flexibility index (Phi) is 18.5. The molecule has 13 nitrogen and oxygen atoms in total. The first kappa shape index (κ1) is 46.5. The fourth-order valence-electron chi connectivity index (χ4n) is 5.61. The number of carbonyl (C=O) groups excluding carboxylic acids is 2. The Morgan fingerprint density at radius 2 is 1.32 bits per heavy atom. The van der Waals surface area contributed by atoms with E-state index in [2.05, 4.69) is 9.97 Å². The highest BCUT2D eigenvalue weighted by atomic mass is 16.6. The van der Waals surface area contributed by atoms with Crippen molar-refractivity contribution in [3.8, 4) is 0 Å². The first-order chi connectivity index (χ1) is 27.2. The summed E-state index contributed by atoms with van der Waals surface area (Å²) < 4.78 is 34.0. The van der Waals surface area contributed by atoms with Gasteiger partial charge in [-0.05, 0) is 26.0 Å². The molecule has 0 saturated heterocycles. The third-order valence-electron chi connectivity index (χ3n) is 9.63. The molecule has 3 heterocycles. The average Bonchev–Trinajstić information content (AvgIpc) is 3.86. The Hall–Kier alpha value is -4.92. The van der Waals surface area contributed by atoms with Gasteiger partial charge in [-0.2, -0.15) is 0 Å². The van der Waals surface area contributed by atoms with Crippen LogP contribution in [0.15, 0.2) is 113 Å². The second kappa shape index (κ2) is 22.7. The number of fused-ring (bicyclic) bond motifs is 4. The van der Waals surface area contributed by atoms with Gasteiger partial charge >= 0.3 is 11.9 Å². The molecule has 13 heteroatoms. The number of allylic oxidation sites excluding steroid dienone is 6. The van der Waals surface area contributed by atoms with Crippen molar-refractivity contribution >= 4 is 18.0 Å². The Morgan fingerprint density at radius 1 is 0.737 bits per heavy atom. The predicted octanol–water partition coefficient (Wildman–Crippen LogP) is 6.86. The van der Waals surface area contributed by atoms with Crippen LogP contribution in [-0.2, 0) is 25.4 Å². The minimum atomic E-state index is -1.03. The molecule has 7 atom stereocenters. The van der Waals surface area contributed by atoms with Gasteiger partial charge in [-0.15, -0.1) is 0 Å². The van der Waals surface area contributed by atoms with Crippen molar-refractivity contribution in [1.29, 1.82) is 0 Å². The van der Waals surface area contributed by atoms with Gasteiger partial charge < -0.3 is 43.1 Å². The quantitative estimate of drug-likeness (QED) is 0.186. The van der Waals surface area contributed by atoms with Crippen molar-refractivity contribution in [2.24, 2.45) is 10.8 Å². The number of aromatic nitrogens is 2. The van der Waals surface area contributed by atoms with E-state index in [1.165, 1.54) is 37.9 Å². The Labute approximate surface area is 335 Å². The SMILES string of the molecule is C/C=C/C(O)C(C)(C)C1C\C=C/C=C\C=C/C(OC)Cc2nc(co2)C(=O)OC(C(C)(C)C(O)/C=C/C)C/C=C\C(O)/C=C\C(OC)/C=C\c2nc(co2)C(=O)O1. The van der Waals surface area contributed by atoms with Gasteiger partial charge in [0.2, 0.25) is 5.89 Å². The maximum Gasteiger partial charge on any atom is 0.360 e. The second-order valence-electron chi connectivity index (χ2n) is 14.6. The zero-order valence-corrected chi connectivity index (χ0v) is 34.1. The minimum Gasteiger partial charge on any atom is -0.457 e. The topological polar surface area (TPSA) is 184 Å². The van der Waals surface area contributed by atoms with E-state index in [9.17, 15) is 24.9 Å². The molecule has 310 valence electrons. The lowest BCUT2D eigenvalue weighted by Gasteiger charge is -2.36. The van der Waals surface area contributed by atoms with E-state index < -0.39 is 65.5 Å². The third kappa shape index (κ3) is 14.2. The van der Waals surface area contributed by atoms with Crippen LogP contribution in [0.5, 0.6) is 0 Å². The number of carbonyl (C=O) groups is 2. The first-order valence-corrected chi connectivity index (χ1v) is 18.9. The number of cyclic esters (lactones) is 2. The number of hydrogen-bond donors (Lipinski definition) is 3. The predicted molar refractivity (Wildman–Crippen MR) is 216 cm³/mol. The molecule has 0 aromatic carbocycles. The Bertz CT molecular complexity index is 1810. The highest BCUT2D eigenvalue weighted by Crippen LogP contribution is 2.33. The smallest absolute Gasteiger partial charge is 0.360 e. The number of esters is 2. The van der Waals surface area contributed by atoms with Gasteiger partial charge in [0, 0.05) is 37.9 Å². The lowest BCUT2D eigenvalue weighted by atomic mass is 9.79. The van der Waals surface area contributed by atoms with Crippen LogP contribution in [0.3, 0.4) is 0 Å². The lowest BCUT2D eigenvalue weighted by molar-refractivity contribution is -0.0461. The number of rotatable bonds is 8. The monoisotopic (exact) mass is 790 g/mol. The van der Waals surface area contributed by atoms with Crippen molar-refractivity contribution < 1.29 is 52.7 Å². The van der Waals surface area contributed by atoms with Gasteiger partial charge in [-0.1, -0.05) is 113 Å². The number of nitrogens with zero attached hydrogens (tertiary/aromatic N) is 2. The van der Waals surface area contributed by atoms with E-state index in [0.29, 0.717) is 6.42 Å².